The number of fused-ring (bicyclic) bond motifs is 1. The molecule has 32 heavy (non-hydrogen) atoms. The minimum atomic E-state index is 0.0141. The van der Waals surface area contributed by atoms with Crippen molar-refractivity contribution in [1.29, 1.82) is 0 Å². The van der Waals surface area contributed by atoms with Crippen LogP contribution in [0.4, 0.5) is 0 Å². The third kappa shape index (κ3) is 4.49. The number of nitrogens with zero attached hydrogens (tertiary/aromatic N) is 2. The van der Waals surface area contributed by atoms with Gasteiger partial charge in [-0.3, -0.25) is 4.79 Å². The lowest BCUT2D eigenvalue weighted by molar-refractivity contribution is 0.0599. The molecule has 1 aromatic heterocycles. The van der Waals surface area contributed by atoms with Crippen LogP contribution >= 0.6 is 0 Å². The second-order valence-electron chi connectivity index (χ2n) is 8.60. The number of hydrogen-bond acceptors (Lipinski definition) is 4. The Hall–Kier alpha value is -3.28. The number of carbonyl (C=O) groups excluding carboxylic acids is 1. The van der Waals surface area contributed by atoms with Gasteiger partial charge in [-0.1, -0.05) is 30.3 Å². The molecule has 2 heterocycles. The van der Waals surface area contributed by atoms with E-state index in [1.54, 1.807) is 12.4 Å². The summed E-state index contributed by atoms with van der Waals surface area (Å²) in [5, 5.41) is 0. The fourth-order valence-corrected chi connectivity index (χ4v) is 4.82. The third-order valence-corrected chi connectivity index (χ3v) is 6.54. The van der Waals surface area contributed by atoms with Crippen LogP contribution in [0.5, 0.6) is 11.5 Å². The Kier molecular flexibility index (Phi) is 6.10. The molecular formula is C26H29N3O3. The van der Waals surface area contributed by atoms with Crippen molar-refractivity contribution in [3.05, 3.63) is 77.9 Å². The van der Waals surface area contributed by atoms with Crippen molar-refractivity contribution in [2.75, 3.05) is 13.2 Å². The summed E-state index contributed by atoms with van der Waals surface area (Å²) >= 11 is 0. The van der Waals surface area contributed by atoms with Gasteiger partial charge in [0.05, 0.1) is 19.8 Å². The topological polar surface area (TPSA) is 67.5 Å². The molecule has 0 unspecified atom stereocenters. The van der Waals surface area contributed by atoms with Crippen LogP contribution in [0, 0.1) is 0 Å². The average molecular weight is 432 g/mol. The molecule has 0 spiro atoms. The molecule has 1 N–H and O–H groups in total. The Labute approximate surface area is 188 Å². The summed E-state index contributed by atoms with van der Waals surface area (Å²) in [7, 11) is 0. The number of nitrogens with one attached hydrogen (secondary N) is 1. The summed E-state index contributed by atoms with van der Waals surface area (Å²) in [5.41, 5.74) is 2.03. The highest BCUT2D eigenvalue weighted by atomic mass is 16.5. The normalized spacial score (nSPS) is 20.4. The van der Waals surface area contributed by atoms with Gasteiger partial charge in [0.15, 0.2) is 11.5 Å². The van der Waals surface area contributed by atoms with Crippen LogP contribution in [0.15, 0.2) is 60.9 Å². The maximum Gasteiger partial charge on any atom is 0.254 e. The van der Waals surface area contributed by atoms with Crippen LogP contribution < -0.4 is 9.47 Å². The number of aromatic amines is 1. The molecule has 0 atom stereocenters. The number of aromatic nitrogens is 2. The summed E-state index contributed by atoms with van der Waals surface area (Å²) < 4.78 is 11.6. The van der Waals surface area contributed by atoms with E-state index in [0.29, 0.717) is 42.7 Å². The van der Waals surface area contributed by atoms with Gasteiger partial charge in [-0.25, -0.2) is 4.98 Å². The average Bonchev–Trinajstić information content (AvgIpc) is 3.25. The van der Waals surface area contributed by atoms with Crippen molar-refractivity contribution in [3.63, 3.8) is 0 Å². The smallest absolute Gasteiger partial charge is 0.254 e. The molecule has 0 radical (unpaired) electrons. The SMILES string of the molecule is O=C(c1ccc2c(c1)OCCCO2)N(Cc1ncc[nH]1)C1CCC(c2ccccc2)CC1. The third-order valence-electron chi connectivity index (χ3n) is 6.54. The number of benzene rings is 2. The fraction of sp³-hybridized carbons (Fsp3) is 0.385. The predicted molar refractivity (Wildman–Crippen MR) is 122 cm³/mol. The van der Waals surface area contributed by atoms with E-state index in [-0.39, 0.29) is 11.9 Å². The Balaban J connectivity index is 1.35. The molecule has 2 aromatic carbocycles. The largest absolute Gasteiger partial charge is 0.490 e. The van der Waals surface area contributed by atoms with Crippen molar-refractivity contribution < 1.29 is 14.3 Å². The molecule has 0 bridgehead atoms. The number of amides is 1. The fourth-order valence-electron chi connectivity index (χ4n) is 4.82. The van der Waals surface area contributed by atoms with Crippen LogP contribution in [0.2, 0.25) is 0 Å². The first-order valence-corrected chi connectivity index (χ1v) is 11.5. The number of ether oxygens (including phenoxy) is 2. The summed E-state index contributed by atoms with van der Waals surface area (Å²) in [4.78, 5) is 23.2. The van der Waals surface area contributed by atoms with Crippen LogP contribution in [-0.2, 0) is 6.54 Å². The number of hydrogen-bond donors (Lipinski definition) is 1. The second-order valence-corrected chi connectivity index (χ2v) is 8.60. The Morgan fingerprint density at radius 2 is 1.78 bits per heavy atom. The van der Waals surface area contributed by atoms with Crippen molar-refractivity contribution in [1.82, 2.24) is 14.9 Å². The first kappa shape index (κ1) is 20.6. The lowest BCUT2D eigenvalue weighted by Gasteiger charge is -2.37. The van der Waals surface area contributed by atoms with Gasteiger partial charge in [-0.15, -0.1) is 0 Å². The second kappa shape index (κ2) is 9.47. The van der Waals surface area contributed by atoms with E-state index < -0.39 is 0 Å². The van der Waals surface area contributed by atoms with Crippen LogP contribution in [0.25, 0.3) is 0 Å². The van der Waals surface area contributed by atoms with Crippen molar-refractivity contribution in [2.45, 2.75) is 50.6 Å². The van der Waals surface area contributed by atoms with Gasteiger partial charge < -0.3 is 19.4 Å². The molecule has 6 nitrogen and oxygen atoms in total. The van der Waals surface area contributed by atoms with E-state index in [2.05, 4.69) is 40.3 Å². The van der Waals surface area contributed by atoms with Crippen molar-refractivity contribution >= 4 is 5.91 Å². The molecule has 2 aliphatic rings. The van der Waals surface area contributed by atoms with E-state index in [1.165, 1.54) is 5.56 Å². The van der Waals surface area contributed by atoms with Gasteiger partial charge in [-0.2, -0.15) is 0 Å². The lowest BCUT2D eigenvalue weighted by Crippen LogP contribution is -2.42. The highest BCUT2D eigenvalue weighted by Crippen LogP contribution is 2.36. The van der Waals surface area contributed by atoms with Gasteiger partial charge >= 0.3 is 0 Å². The monoisotopic (exact) mass is 431 g/mol. The van der Waals surface area contributed by atoms with Crippen LogP contribution in [0.3, 0.4) is 0 Å². The van der Waals surface area contributed by atoms with E-state index in [1.807, 2.05) is 23.1 Å². The van der Waals surface area contributed by atoms with E-state index in [4.69, 9.17) is 9.47 Å². The molecule has 1 amide bonds. The predicted octanol–water partition coefficient (Wildman–Crippen LogP) is 4.94. The maximum absolute atomic E-state index is 13.7. The summed E-state index contributed by atoms with van der Waals surface area (Å²) in [6.07, 6.45) is 8.51. The molecule has 1 aliphatic carbocycles. The molecule has 1 saturated carbocycles. The van der Waals surface area contributed by atoms with E-state index in [9.17, 15) is 4.79 Å². The van der Waals surface area contributed by atoms with Crippen molar-refractivity contribution in [3.8, 4) is 11.5 Å². The standard InChI is InChI=1S/C26H29N3O3/c30-26(21-9-12-23-24(17-21)32-16-4-15-31-23)29(18-25-27-13-14-28-25)22-10-7-20(8-11-22)19-5-2-1-3-6-19/h1-3,5-6,9,12-14,17,20,22H,4,7-8,10-11,15-16,18H2,(H,27,28). The van der Waals surface area contributed by atoms with Crippen LogP contribution in [-0.4, -0.2) is 40.0 Å². The number of H-pyrrole nitrogens is 1. The highest BCUT2D eigenvalue weighted by molar-refractivity contribution is 5.95. The van der Waals surface area contributed by atoms with E-state index in [0.717, 1.165) is 37.9 Å². The zero-order valence-electron chi connectivity index (χ0n) is 18.2. The van der Waals surface area contributed by atoms with Gasteiger partial charge in [0, 0.05) is 30.4 Å². The number of carbonyl (C=O) groups is 1. The molecule has 1 fully saturated rings. The molecular weight excluding hydrogens is 402 g/mol. The molecule has 6 heteroatoms. The highest BCUT2D eigenvalue weighted by Gasteiger charge is 2.31. The van der Waals surface area contributed by atoms with Gasteiger partial charge in [0.25, 0.3) is 5.91 Å². The quantitative estimate of drug-likeness (QED) is 0.621. The Morgan fingerprint density at radius 1 is 1.00 bits per heavy atom. The molecule has 5 rings (SSSR count). The molecule has 3 aromatic rings. The minimum Gasteiger partial charge on any atom is -0.490 e. The zero-order chi connectivity index (χ0) is 21.8. The molecule has 0 saturated heterocycles. The number of imidazole rings is 1. The van der Waals surface area contributed by atoms with Crippen molar-refractivity contribution in [2.24, 2.45) is 0 Å². The summed E-state index contributed by atoms with van der Waals surface area (Å²) in [6.45, 7) is 1.71. The first-order valence-electron chi connectivity index (χ1n) is 11.5. The lowest BCUT2D eigenvalue weighted by atomic mass is 9.81. The molecule has 1 aliphatic heterocycles. The zero-order valence-corrected chi connectivity index (χ0v) is 18.2. The summed E-state index contributed by atoms with van der Waals surface area (Å²) in [6, 6.07) is 16.4. The van der Waals surface area contributed by atoms with Gasteiger partial charge in [0.1, 0.15) is 5.82 Å². The van der Waals surface area contributed by atoms with Crippen LogP contribution in [0.1, 0.15) is 59.8 Å². The maximum atomic E-state index is 13.7. The first-order chi connectivity index (χ1) is 15.8. The van der Waals surface area contributed by atoms with Gasteiger partial charge in [-0.05, 0) is 55.4 Å². The van der Waals surface area contributed by atoms with E-state index >= 15 is 0 Å². The molecule has 166 valence electrons. The number of rotatable bonds is 5. The van der Waals surface area contributed by atoms with Gasteiger partial charge in [0.2, 0.25) is 0 Å². The minimum absolute atomic E-state index is 0.0141. The summed E-state index contributed by atoms with van der Waals surface area (Å²) in [5.74, 6) is 2.74. The Bertz CT molecular complexity index is 1030. The Morgan fingerprint density at radius 3 is 2.53 bits per heavy atom.